The zero-order valence-corrected chi connectivity index (χ0v) is 11.0. The first-order valence-corrected chi connectivity index (χ1v) is 6.74. The number of nitrogens with zero attached hydrogens (tertiary/aromatic N) is 5. The Bertz CT molecular complexity index is 808. The number of fused-ring (bicyclic) bond motifs is 1. The van der Waals surface area contributed by atoms with Crippen molar-refractivity contribution in [2.45, 2.75) is 5.03 Å². The summed E-state index contributed by atoms with van der Waals surface area (Å²) in [5, 5.41) is 21.7. The Morgan fingerprint density at radius 1 is 1.25 bits per heavy atom. The molecule has 0 amide bonds. The molecule has 0 spiro atoms. The minimum atomic E-state index is -0.339. The molecule has 20 heavy (non-hydrogen) atoms. The third-order valence-corrected chi connectivity index (χ3v) is 3.39. The lowest BCUT2D eigenvalue weighted by Crippen LogP contribution is -1.96. The van der Waals surface area contributed by atoms with Crippen LogP contribution in [-0.4, -0.2) is 25.6 Å². The predicted molar refractivity (Wildman–Crippen MR) is 72.5 cm³/mol. The third kappa shape index (κ3) is 2.33. The normalized spacial score (nSPS) is 10.6. The van der Waals surface area contributed by atoms with Crippen molar-refractivity contribution in [3.8, 4) is 17.5 Å². The van der Waals surface area contributed by atoms with Crippen molar-refractivity contribution in [3.05, 3.63) is 42.2 Å². The van der Waals surface area contributed by atoms with Gasteiger partial charge in [-0.15, -0.1) is 10.2 Å². The monoisotopic (exact) mass is 285 g/mol. The summed E-state index contributed by atoms with van der Waals surface area (Å²) in [6.45, 7) is 0. The molecule has 2 heterocycles. The lowest BCUT2D eigenvalue weighted by atomic mass is 10.2. The summed E-state index contributed by atoms with van der Waals surface area (Å²) in [6, 6.07) is 11.7. The molecule has 0 N–H and O–H groups in total. The second-order valence-corrected chi connectivity index (χ2v) is 4.92. The van der Waals surface area contributed by atoms with Gasteiger partial charge in [-0.1, -0.05) is 23.9 Å². The molecular weight excluding hydrogens is 277 g/mol. The number of halogens is 1. The number of hydrogen-bond donors (Lipinski definition) is 0. The Balaban J connectivity index is 2.09. The van der Waals surface area contributed by atoms with Crippen LogP contribution in [0.3, 0.4) is 0 Å². The highest BCUT2D eigenvalue weighted by atomic mass is 32.2. The van der Waals surface area contributed by atoms with Gasteiger partial charge in [0.2, 0.25) is 0 Å². The van der Waals surface area contributed by atoms with E-state index in [2.05, 4.69) is 15.3 Å². The van der Waals surface area contributed by atoms with Crippen LogP contribution in [0.2, 0.25) is 0 Å². The maximum Gasteiger partial charge on any atom is 0.185 e. The van der Waals surface area contributed by atoms with Crippen molar-refractivity contribution in [2.24, 2.45) is 0 Å². The van der Waals surface area contributed by atoms with Crippen molar-refractivity contribution in [3.63, 3.8) is 0 Å². The van der Waals surface area contributed by atoms with Crippen molar-refractivity contribution in [1.29, 1.82) is 5.26 Å². The molecule has 0 saturated carbocycles. The Morgan fingerprint density at radius 2 is 2.15 bits per heavy atom. The molecule has 0 fully saturated rings. The number of hydrogen-bond acceptors (Lipinski definition) is 5. The lowest BCUT2D eigenvalue weighted by molar-refractivity contribution is 0.628. The van der Waals surface area contributed by atoms with Crippen molar-refractivity contribution < 1.29 is 4.39 Å². The molecule has 1 aromatic carbocycles. The van der Waals surface area contributed by atoms with Crippen LogP contribution in [0.1, 0.15) is 0 Å². The maximum absolute atomic E-state index is 13.3. The molecule has 98 valence electrons. The van der Waals surface area contributed by atoms with Gasteiger partial charge in [0.25, 0.3) is 0 Å². The smallest absolute Gasteiger partial charge is 0.185 e. The minimum absolute atomic E-state index is 0.315. The number of nitriles is 1. The molecule has 3 rings (SSSR count). The van der Waals surface area contributed by atoms with Gasteiger partial charge < -0.3 is 0 Å². The fourth-order valence-electron chi connectivity index (χ4n) is 1.76. The van der Waals surface area contributed by atoms with Crippen molar-refractivity contribution in [1.82, 2.24) is 19.8 Å². The van der Waals surface area contributed by atoms with E-state index in [9.17, 15) is 4.39 Å². The second kappa shape index (κ2) is 5.27. The van der Waals surface area contributed by atoms with Gasteiger partial charge in [-0.3, -0.25) is 0 Å². The first kappa shape index (κ1) is 12.6. The standard InChI is InChI=1S/C13H8FN5S/c14-10-3-1-2-9(8-10)13-17-16-11-4-5-12(18-19(11)13)20-7-6-15/h1-5,8H,7H2. The van der Waals surface area contributed by atoms with Gasteiger partial charge in [0.05, 0.1) is 11.8 Å². The molecule has 0 radical (unpaired) electrons. The lowest BCUT2D eigenvalue weighted by Gasteiger charge is -2.01. The van der Waals surface area contributed by atoms with Crippen molar-refractivity contribution >= 4 is 17.4 Å². The molecule has 0 saturated heterocycles. The van der Waals surface area contributed by atoms with Crippen LogP contribution in [0.15, 0.2) is 41.4 Å². The molecule has 5 nitrogen and oxygen atoms in total. The molecular formula is C13H8FN5S. The second-order valence-electron chi connectivity index (χ2n) is 3.92. The van der Waals surface area contributed by atoms with Crippen LogP contribution >= 0.6 is 11.8 Å². The summed E-state index contributed by atoms with van der Waals surface area (Å²) in [7, 11) is 0. The fourth-order valence-corrected chi connectivity index (χ4v) is 2.28. The topological polar surface area (TPSA) is 66.9 Å². The molecule has 0 atom stereocenters. The summed E-state index contributed by atoms with van der Waals surface area (Å²) in [6.07, 6.45) is 0. The molecule has 3 aromatic rings. The van der Waals surface area contributed by atoms with Crippen LogP contribution < -0.4 is 0 Å². The zero-order chi connectivity index (χ0) is 13.9. The summed E-state index contributed by atoms with van der Waals surface area (Å²) in [5.74, 6) is 0.448. The number of thioether (sulfide) groups is 1. The largest absolute Gasteiger partial charge is 0.207 e. The van der Waals surface area contributed by atoms with Gasteiger partial charge >= 0.3 is 0 Å². The van der Waals surface area contributed by atoms with Crippen LogP contribution in [0.4, 0.5) is 4.39 Å². The molecule has 2 aromatic heterocycles. The van der Waals surface area contributed by atoms with Gasteiger partial charge in [-0.2, -0.15) is 14.9 Å². The molecule has 0 unspecified atom stereocenters. The highest BCUT2D eigenvalue weighted by Gasteiger charge is 2.10. The average Bonchev–Trinajstić information content (AvgIpc) is 2.88. The average molecular weight is 285 g/mol. The molecule has 0 aliphatic carbocycles. The van der Waals surface area contributed by atoms with Gasteiger partial charge in [-0.05, 0) is 24.3 Å². The number of rotatable bonds is 3. The van der Waals surface area contributed by atoms with E-state index in [-0.39, 0.29) is 5.82 Å². The van der Waals surface area contributed by atoms with E-state index in [1.54, 1.807) is 28.8 Å². The van der Waals surface area contributed by atoms with Gasteiger partial charge in [0.1, 0.15) is 10.8 Å². The fraction of sp³-hybridized carbons (Fsp3) is 0.0769. The quantitative estimate of drug-likeness (QED) is 0.692. The molecule has 0 aliphatic rings. The maximum atomic E-state index is 13.3. The van der Waals surface area contributed by atoms with E-state index < -0.39 is 0 Å². The molecule has 0 aliphatic heterocycles. The van der Waals surface area contributed by atoms with E-state index in [1.807, 2.05) is 6.07 Å². The summed E-state index contributed by atoms with van der Waals surface area (Å²) >= 11 is 1.32. The SMILES string of the molecule is N#CCSc1ccc2nnc(-c3cccc(F)c3)n2n1. The number of aromatic nitrogens is 4. The van der Waals surface area contributed by atoms with Crippen LogP contribution in [0.5, 0.6) is 0 Å². The van der Waals surface area contributed by atoms with E-state index in [1.165, 1.54) is 23.9 Å². The molecule has 0 bridgehead atoms. The highest BCUT2D eigenvalue weighted by molar-refractivity contribution is 7.99. The Kier molecular flexibility index (Phi) is 3.31. The summed E-state index contributed by atoms with van der Waals surface area (Å²) in [4.78, 5) is 0. The Labute approximate surface area is 118 Å². The first-order valence-electron chi connectivity index (χ1n) is 5.76. The van der Waals surface area contributed by atoms with E-state index in [0.717, 1.165) is 0 Å². The first-order chi connectivity index (χ1) is 9.78. The number of benzene rings is 1. The van der Waals surface area contributed by atoms with E-state index >= 15 is 0 Å². The van der Waals surface area contributed by atoms with Crippen molar-refractivity contribution in [2.75, 3.05) is 5.75 Å². The van der Waals surface area contributed by atoms with Crippen LogP contribution in [-0.2, 0) is 0 Å². The van der Waals surface area contributed by atoms with Gasteiger partial charge in [-0.25, -0.2) is 4.39 Å². The molecule has 7 heteroatoms. The summed E-state index contributed by atoms with van der Waals surface area (Å²) in [5.41, 5.74) is 1.18. The van der Waals surface area contributed by atoms with Crippen LogP contribution in [0, 0.1) is 17.1 Å². The van der Waals surface area contributed by atoms with E-state index in [4.69, 9.17) is 5.26 Å². The Hall–Kier alpha value is -2.46. The highest BCUT2D eigenvalue weighted by Crippen LogP contribution is 2.20. The summed E-state index contributed by atoms with van der Waals surface area (Å²) < 4.78 is 14.8. The van der Waals surface area contributed by atoms with Gasteiger partial charge in [0.15, 0.2) is 11.5 Å². The Morgan fingerprint density at radius 3 is 2.95 bits per heavy atom. The predicted octanol–water partition coefficient (Wildman–Crippen LogP) is 2.55. The van der Waals surface area contributed by atoms with Crippen LogP contribution in [0.25, 0.3) is 17.0 Å². The minimum Gasteiger partial charge on any atom is -0.207 e. The van der Waals surface area contributed by atoms with E-state index in [0.29, 0.717) is 27.8 Å². The third-order valence-electron chi connectivity index (χ3n) is 2.61. The van der Waals surface area contributed by atoms with Gasteiger partial charge in [0, 0.05) is 5.56 Å². The zero-order valence-electron chi connectivity index (χ0n) is 10.2.